The summed E-state index contributed by atoms with van der Waals surface area (Å²) in [5.74, 6) is 0.425. The minimum Gasteiger partial charge on any atom is -0.273 e. The van der Waals surface area contributed by atoms with Crippen molar-refractivity contribution in [3.8, 4) is 17.3 Å². The lowest BCUT2D eigenvalue weighted by atomic mass is 9.77. The molecule has 1 aliphatic carbocycles. The molecule has 4 nitrogen and oxygen atoms in total. The van der Waals surface area contributed by atoms with E-state index in [1.54, 1.807) is 6.33 Å². The molecule has 1 saturated carbocycles. The first-order chi connectivity index (χ1) is 14.5. The Bertz CT molecular complexity index is 1060. The van der Waals surface area contributed by atoms with Crippen molar-refractivity contribution in [1.29, 1.82) is 5.26 Å². The van der Waals surface area contributed by atoms with E-state index in [2.05, 4.69) is 24.9 Å². The fourth-order valence-electron chi connectivity index (χ4n) is 4.85. The van der Waals surface area contributed by atoms with Crippen LogP contribution in [-0.4, -0.2) is 14.4 Å². The summed E-state index contributed by atoms with van der Waals surface area (Å²) in [6, 6.07) is 9.87. The highest BCUT2D eigenvalue weighted by Gasteiger charge is 2.25. The second-order valence-electron chi connectivity index (χ2n) is 9.33. The fraction of sp³-hybridized carbons (Fsp3) is 0.480. The Morgan fingerprint density at radius 3 is 2.57 bits per heavy atom. The third kappa shape index (κ3) is 4.37. The molecular weight excluding hydrogens is 392 g/mol. The van der Waals surface area contributed by atoms with Crippen molar-refractivity contribution in [3.63, 3.8) is 0 Å². The summed E-state index contributed by atoms with van der Waals surface area (Å²) >= 11 is 6.53. The Kier molecular flexibility index (Phi) is 6.11. The molecule has 0 amide bonds. The molecule has 0 spiro atoms. The topological polar surface area (TPSA) is 54.0 Å². The van der Waals surface area contributed by atoms with Gasteiger partial charge in [0, 0.05) is 11.1 Å². The first kappa shape index (κ1) is 20.9. The summed E-state index contributed by atoms with van der Waals surface area (Å²) in [6.07, 6.45) is 13.6. The molecule has 0 aliphatic heterocycles. The quantitative estimate of drug-likeness (QED) is 0.413. The predicted molar refractivity (Wildman–Crippen MR) is 122 cm³/mol. The van der Waals surface area contributed by atoms with Crippen molar-refractivity contribution in [3.05, 3.63) is 53.2 Å². The van der Waals surface area contributed by atoms with Gasteiger partial charge in [-0.3, -0.25) is 4.40 Å². The molecule has 3 aromatic rings. The van der Waals surface area contributed by atoms with E-state index in [1.807, 2.05) is 34.9 Å². The molecule has 4 rings (SSSR count). The number of nitriles is 1. The lowest BCUT2D eigenvalue weighted by molar-refractivity contribution is 0.270. The molecular formula is C25H29ClN4. The van der Waals surface area contributed by atoms with Crippen molar-refractivity contribution < 1.29 is 0 Å². The highest BCUT2D eigenvalue weighted by atomic mass is 35.5. The Morgan fingerprint density at radius 2 is 1.80 bits per heavy atom. The minimum atomic E-state index is 0.419. The van der Waals surface area contributed by atoms with E-state index in [4.69, 9.17) is 21.8 Å². The lowest BCUT2D eigenvalue weighted by Crippen LogP contribution is -2.14. The smallest absolute Gasteiger partial charge is 0.209 e. The lowest BCUT2D eigenvalue weighted by Gasteiger charge is -2.28. The van der Waals surface area contributed by atoms with E-state index in [0.717, 1.165) is 29.6 Å². The third-order valence-corrected chi connectivity index (χ3v) is 6.85. The van der Waals surface area contributed by atoms with Gasteiger partial charge in [-0.15, -0.1) is 0 Å². The van der Waals surface area contributed by atoms with Crippen LogP contribution in [0, 0.1) is 16.7 Å². The van der Waals surface area contributed by atoms with Gasteiger partial charge in [-0.2, -0.15) is 5.26 Å². The molecule has 0 saturated heterocycles. The van der Waals surface area contributed by atoms with Crippen LogP contribution in [0.3, 0.4) is 0 Å². The Labute approximate surface area is 183 Å². The molecule has 1 atom stereocenters. The van der Waals surface area contributed by atoms with Crippen LogP contribution in [0.15, 0.2) is 36.8 Å². The van der Waals surface area contributed by atoms with Gasteiger partial charge < -0.3 is 0 Å². The van der Waals surface area contributed by atoms with E-state index < -0.39 is 0 Å². The van der Waals surface area contributed by atoms with E-state index >= 15 is 0 Å². The Hall–Kier alpha value is -2.38. The number of imidazole rings is 1. The average molecular weight is 421 g/mol. The van der Waals surface area contributed by atoms with Crippen LogP contribution in [0.4, 0.5) is 0 Å². The molecule has 5 heteroatoms. The van der Waals surface area contributed by atoms with Gasteiger partial charge in [-0.25, -0.2) is 9.97 Å². The van der Waals surface area contributed by atoms with Crippen molar-refractivity contribution in [2.24, 2.45) is 5.41 Å². The number of aromatic nitrogens is 3. The van der Waals surface area contributed by atoms with E-state index in [1.165, 1.54) is 44.1 Å². The van der Waals surface area contributed by atoms with Crippen LogP contribution in [0.5, 0.6) is 0 Å². The second-order valence-corrected chi connectivity index (χ2v) is 9.67. The van der Waals surface area contributed by atoms with Gasteiger partial charge in [0.2, 0.25) is 5.28 Å². The molecule has 2 heterocycles. The Morgan fingerprint density at radius 1 is 1.07 bits per heavy atom. The zero-order valence-corrected chi connectivity index (χ0v) is 18.6. The van der Waals surface area contributed by atoms with Crippen LogP contribution in [-0.2, 0) is 0 Å². The number of hydrogen-bond donors (Lipinski definition) is 0. The van der Waals surface area contributed by atoms with Gasteiger partial charge >= 0.3 is 0 Å². The highest BCUT2D eigenvalue weighted by Crippen LogP contribution is 2.41. The normalized spacial score (nSPS) is 20.0. The molecule has 1 aromatic carbocycles. The minimum absolute atomic E-state index is 0.419. The average Bonchev–Trinajstić information content (AvgIpc) is 3.23. The van der Waals surface area contributed by atoms with Gasteiger partial charge in [-0.1, -0.05) is 51.7 Å². The van der Waals surface area contributed by atoms with Crippen molar-refractivity contribution >= 4 is 17.1 Å². The summed E-state index contributed by atoms with van der Waals surface area (Å²) in [4.78, 5) is 9.18. The van der Waals surface area contributed by atoms with Crippen LogP contribution in [0.2, 0.25) is 5.28 Å². The van der Waals surface area contributed by atoms with Gasteiger partial charge in [-0.05, 0) is 60.7 Å². The molecule has 30 heavy (non-hydrogen) atoms. The summed E-state index contributed by atoms with van der Waals surface area (Å²) in [7, 11) is 0. The number of hydrogen-bond acceptors (Lipinski definition) is 3. The fourth-order valence-corrected chi connectivity index (χ4v) is 5.07. The summed E-state index contributed by atoms with van der Waals surface area (Å²) in [6.45, 7) is 4.82. The van der Waals surface area contributed by atoms with E-state index in [9.17, 15) is 0 Å². The van der Waals surface area contributed by atoms with Crippen LogP contribution >= 0.6 is 11.6 Å². The molecule has 0 N–H and O–H groups in total. The summed E-state index contributed by atoms with van der Waals surface area (Å²) < 4.78 is 1.90. The SMILES string of the molecule is CC1(C)CCCCCC(c2c(-c3ccc(C#N)cc3)nc(Cl)n3cncc23)CCC1. The number of benzene rings is 1. The maximum absolute atomic E-state index is 9.17. The zero-order valence-electron chi connectivity index (χ0n) is 17.9. The molecule has 0 bridgehead atoms. The maximum Gasteiger partial charge on any atom is 0.209 e. The van der Waals surface area contributed by atoms with Gasteiger partial charge in [0.05, 0.1) is 29.0 Å². The van der Waals surface area contributed by atoms with Crippen LogP contribution in [0.25, 0.3) is 16.8 Å². The van der Waals surface area contributed by atoms with Gasteiger partial charge in [0.1, 0.15) is 6.33 Å². The van der Waals surface area contributed by atoms with Crippen LogP contribution < -0.4 is 0 Å². The molecule has 2 aromatic heterocycles. The number of halogens is 1. The van der Waals surface area contributed by atoms with Gasteiger partial charge in [0.25, 0.3) is 0 Å². The summed E-state index contributed by atoms with van der Waals surface area (Å²) in [5.41, 5.74) is 5.31. The van der Waals surface area contributed by atoms with Crippen molar-refractivity contribution in [2.75, 3.05) is 0 Å². The molecule has 1 unspecified atom stereocenters. The maximum atomic E-state index is 9.17. The standard InChI is InChI=1S/C25H29ClN4/c1-25(2)13-5-3-4-7-19(8-6-14-25)22-21-16-28-17-30(21)24(26)29-23(22)20-11-9-18(15-27)10-12-20/h9-12,16-17,19H,3-8,13-14H2,1-2H3. The number of fused-ring (bicyclic) bond motifs is 1. The molecule has 156 valence electrons. The van der Waals surface area contributed by atoms with Crippen LogP contribution in [0.1, 0.15) is 82.3 Å². The third-order valence-electron chi connectivity index (χ3n) is 6.58. The largest absolute Gasteiger partial charge is 0.273 e. The highest BCUT2D eigenvalue weighted by molar-refractivity contribution is 6.28. The van der Waals surface area contributed by atoms with Gasteiger partial charge in [0.15, 0.2) is 0 Å². The first-order valence-corrected chi connectivity index (χ1v) is 11.4. The van der Waals surface area contributed by atoms with E-state index in [0.29, 0.717) is 22.2 Å². The molecule has 0 radical (unpaired) electrons. The summed E-state index contributed by atoms with van der Waals surface area (Å²) in [5, 5.41) is 9.59. The van der Waals surface area contributed by atoms with E-state index in [-0.39, 0.29) is 0 Å². The molecule has 1 fully saturated rings. The zero-order chi connectivity index (χ0) is 21.1. The number of rotatable bonds is 2. The first-order valence-electron chi connectivity index (χ1n) is 11.0. The Balaban J connectivity index is 1.80. The second kappa shape index (κ2) is 8.78. The predicted octanol–water partition coefficient (Wildman–Crippen LogP) is 7.17. The monoisotopic (exact) mass is 420 g/mol. The van der Waals surface area contributed by atoms with Crippen molar-refractivity contribution in [2.45, 2.75) is 71.1 Å². The molecule has 1 aliphatic rings. The van der Waals surface area contributed by atoms with Crippen molar-refractivity contribution in [1.82, 2.24) is 14.4 Å². The number of nitrogens with zero attached hydrogens (tertiary/aromatic N) is 4.